The Balaban J connectivity index is 2.38. The van der Waals surface area contributed by atoms with Crippen LogP contribution < -0.4 is 0 Å². The monoisotopic (exact) mass is 235 g/mol. The first-order chi connectivity index (χ1) is 7.70. The highest BCUT2D eigenvalue weighted by atomic mass is 32.1. The minimum absolute atomic E-state index is 0.140. The standard InChI is InChI=1S/C11H9NO3S/c13-9(7-2-1-4-12-6-7)10-8(11(14)15)3-5-16-10/h1-6,9,13H,(H,14,15). The van der Waals surface area contributed by atoms with Crippen molar-refractivity contribution in [2.45, 2.75) is 6.10 Å². The molecule has 2 aromatic heterocycles. The molecule has 0 aromatic carbocycles. The van der Waals surface area contributed by atoms with E-state index in [1.807, 2.05) is 0 Å². The zero-order chi connectivity index (χ0) is 11.5. The average molecular weight is 235 g/mol. The van der Waals surface area contributed by atoms with Crippen LogP contribution in [0.25, 0.3) is 0 Å². The van der Waals surface area contributed by atoms with Gasteiger partial charge in [0, 0.05) is 18.0 Å². The normalized spacial score (nSPS) is 12.3. The maximum absolute atomic E-state index is 10.9. The molecular formula is C11H9NO3S. The van der Waals surface area contributed by atoms with E-state index in [9.17, 15) is 9.90 Å². The topological polar surface area (TPSA) is 70.4 Å². The van der Waals surface area contributed by atoms with E-state index in [1.54, 1.807) is 23.7 Å². The van der Waals surface area contributed by atoms with Gasteiger partial charge in [-0.3, -0.25) is 4.98 Å². The molecule has 0 amide bonds. The number of aromatic nitrogens is 1. The van der Waals surface area contributed by atoms with Gasteiger partial charge in [-0.05, 0) is 17.5 Å². The van der Waals surface area contributed by atoms with Crippen molar-refractivity contribution in [1.82, 2.24) is 4.98 Å². The molecular weight excluding hydrogens is 226 g/mol. The minimum Gasteiger partial charge on any atom is -0.478 e. The van der Waals surface area contributed by atoms with Gasteiger partial charge in [0.1, 0.15) is 6.10 Å². The second-order valence-electron chi connectivity index (χ2n) is 3.19. The van der Waals surface area contributed by atoms with Crippen LogP contribution in [0.1, 0.15) is 26.9 Å². The van der Waals surface area contributed by atoms with Gasteiger partial charge in [-0.2, -0.15) is 0 Å². The van der Waals surface area contributed by atoms with Crippen molar-refractivity contribution in [3.8, 4) is 0 Å². The van der Waals surface area contributed by atoms with Crippen LogP contribution in [0.15, 0.2) is 36.0 Å². The van der Waals surface area contributed by atoms with Gasteiger partial charge >= 0.3 is 5.97 Å². The van der Waals surface area contributed by atoms with Crippen LogP contribution in [0.2, 0.25) is 0 Å². The molecule has 0 radical (unpaired) electrons. The van der Waals surface area contributed by atoms with Crippen molar-refractivity contribution in [2.24, 2.45) is 0 Å². The van der Waals surface area contributed by atoms with Crippen LogP contribution in [0, 0.1) is 0 Å². The van der Waals surface area contributed by atoms with Gasteiger partial charge in [0.05, 0.1) is 10.4 Å². The largest absolute Gasteiger partial charge is 0.478 e. The first-order valence-corrected chi connectivity index (χ1v) is 5.47. The van der Waals surface area contributed by atoms with E-state index in [4.69, 9.17) is 5.11 Å². The van der Waals surface area contributed by atoms with E-state index in [2.05, 4.69) is 4.98 Å². The molecule has 0 saturated heterocycles. The molecule has 0 aliphatic heterocycles. The number of hydrogen-bond donors (Lipinski definition) is 2. The van der Waals surface area contributed by atoms with Crippen LogP contribution >= 0.6 is 11.3 Å². The van der Waals surface area contributed by atoms with E-state index in [0.29, 0.717) is 10.4 Å². The summed E-state index contributed by atoms with van der Waals surface area (Å²) in [6.07, 6.45) is 2.19. The highest BCUT2D eigenvalue weighted by Crippen LogP contribution is 2.29. The molecule has 4 nitrogen and oxygen atoms in total. The molecule has 0 saturated carbocycles. The lowest BCUT2D eigenvalue weighted by Gasteiger charge is -2.09. The summed E-state index contributed by atoms with van der Waals surface area (Å²) in [5.41, 5.74) is 0.730. The Bertz CT molecular complexity index is 495. The molecule has 1 unspecified atom stereocenters. The average Bonchev–Trinajstić information content (AvgIpc) is 2.78. The number of pyridine rings is 1. The molecule has 0 fully saturated rings. The number of aliphatic hydroxyl groups is 1. The Labute approximate surface area is 95.8 Å². The zero-order valence-corrected chi connectivity index (χ0v) is 9.02. The van der Waals surface area contributed by atoms with Crippen molar-refractivity contribution in [1.29, 1.82) is 0 Å². The molecule has 2 N–H and O–H groups in total. The SMILES string of the molecule is O=C(O)c1ccsc1C(O)c1cccnc1. The Hall–Kier alpha value is -1.72. The highest BCUT2D eigenvalue weighted by Gasteiger charge is 2.19. The molecule has 0 spiro atoms. The number of hydrogen-bond acceptors (Lipinski definition) is 4. The fraction of sp³-hybridized carbons (Fsp3) is 0.0909. The van der Waals surface area contributed by atoms with Crippen molar-refractivity contribution in [3.63, 3.8) is 0 Å². The molecule has 2 aromatic rings. The van der Waals surface area contributed by atoms with Gasteiger partial charge in [-0.15, -0.1) is 11.3 Å². The number of carboxylic acid groups (broad SMARTS) is 1. The summed E-state index contributed by atoms with van der Waals surface area (Å²) in [5.74, 6) is -1.03. The molecule has 82 valence electrons. The summed E-state index contributed by atoms with van der Waals surface area (Å²) in [6.45, 7) is 0. The van der Waals surface area contributed by atoms with Gasteiger partial charge in [-0.25, -0.2) is 4.79 Å². The number of carbonyl (C=O) groups is 1. The third-order valence-electron chi connectivity index (χ3n) is 2.17. The Kier molecular flexibility index (Phi) is 2.98. The number of carboxylic acids is 1. The fourth-order valence-corrected chi connectivity index (χ4v) is 2.30. The van der Waals surface area contributed by atoms with Crippen LogP contribution in [-0.2, 0) is 0 Å². The first-order valence-electron chi connectivity index (χ1n) is 4.59. The zero-order valence-electron chi connectivity index (χ0n) is 8.20. The maximum Gasteiger partial charge on any atom is 0.336 e. The number of aliphatic hydroxyl groups excluding tert-OH is 1. The lowest BCUT2D eigenvalue weighted by atomic mass is 10.1. The highest BCUT2D eigenvalue weighted by molar-refractivity contribution is 7.10. The first kappa shape index (κ1) is 10.8. The molecule has 2 heterocycles. The molecule has 5 heteroatoms. The number of aromatic carboxylic acids is 1. The molecule has 16 heavy (non-hydrogen) atoms. The number of nitrogens with zero attached hydrogens (tertiary/aromatic N) is 1. The maximum atomic E-state index is 10.9. The van der Waals surface area contributed by atoms with Gasteiger partial charge in [0.15, 0.2) is 0 Å². The van der Waals surface area contributed by atoms with E-state index in [1.165, 1.54) is 23.6 Å². The minimum atomic E-state index is -1.03. The van der Waals surface area contributed by atoms with Crippen molar-refractivity contribution in [2.75, 3.05) is 0 Å². The number of rotatable bonds is 3. The predicted octanol–water partition coefficient (Wildman–Crippen LogP) is 1.92. The van der Waals surface area contributed by atoms with E-state index in [0.717, 1.165) is 0 Å². The van der Waals surface area contributed by atoms with Crippen LogP contribution in [0.4, 0.5) is 0 Å². The van der Waals surface area contributed by atoms with Gasteiger partial charge in [0.2, 0.25) is 0 Å². The molecule has 0 bridgehead atoms. The summed E-state index contributed by atoms with van der Waals surface area (Å²) in [5, 5.41) is 20.6. The summed E-state index contributed by atoms with van der Waals surface area (Å²) in [4.78, 5) is 15.2. The smallest absolute Gasteiger partial charge is 0.336 e. The summed E-state index contributed by atoms with van der Waals surface area (Å²) in [7, 11) is 0. The van der Waals surface area contributed by atoms with Crippen LogP contribution in [0.5, 0.6) is 0 Å². The number of thiophene rings is 1. The lowest BCUT2D eigenvalue weighted by Crippen LogP contribution is -2.04. The summed E-state index contributed by atoms with van der Waals surface area (Å²) in [6, 6.07) is 4.90. The molecule has 0 aliphatic rings. The second-order valence-corrected chi connectivity index (χ2v) is 4.14. The van der Waals surface area contributed by atoms with E-state index < -0.39 is 12.1 Å². The van der Waals surface area contributed by atoms with Gasteiger partial charge < -0.3 is 10.2 Å². The van der Waals surface area contributed by atoms with E-state index >= 15 is 0 Å². The predicted molar refractivity (Wildman–Crippen MR) is 59.6 cm³/mol. The molecule has 0 aliphatic carbocycles. The second kappa shape index (κ2) is 4.42. The van der Waals surface area contributed by atoms with E-state index in [-0.39, 0.29) is 5.56 Å². The Morgan fingerprint density at radius 2 is 2.25 bits per heavy atom. The Morgan fingerprint density at radius 1 is 1.44 bits per heavy atom. The van der Waals surface area contributed by atoms with Crippen molar-refractivity contribution >= 4 is 17.3 Å². The molecule has 1 atom stereocenters. The van der Waals surface area contributed by atoms with Gasteiger partial charge in [-0.1, -0.05) is 6.07 Å². The lowest BCUT2D eigenvalue weighted by molar-refractivity contribution is 0.0692. The Morgan fingerprint density at radius 3 is 2.88 bits per heavy atom. The van der Waals surface area contributed by atoms with Crippen LogP contribution in [-0.4, -0.2) is 21.2 Å². The molecule has 2 rings (SSSR count). The van der Waals surface area contributed by atoms with Crippen LogP contribution in [0.3, 0.4) is 0 Å². The van der Waals surface area contributed by atoms with Gasteiger partial charge in [0.25, 0.3) is 0 Å². The quantitative estimate of drug-likeness (QED) is 0.852. The third kappa shape index (κ3) is 1.95. The fourth-order valence-electron chi connectivity index (χ4n) is 1.40. The summed E-state index contributed by atoms with van der Waals surface area (Å²) >= 11 is 1.22. The van der Waals surface area contributed by atoms with Crippen molar-refractivity contribution < 1.29 is 15.0 Å². The third-order valence-corrected chi connectivity index (χ3v) is 3.14. The summed E-state index contributed by atoms with van der Waals surface area (Å²) < 4.78 is 0. The van der Waals surface area contributed by atoms with Crippen molar-refractivity contribution in [3.05, 3.63) is 52.0 Å².